The van der Waals surface area contributed by atoms with Gasteiger partial charge in [-0.2, -0.15) is 0 Å². The van der Waals surface area contributed by atoms with Crippen molar-refractivity contribution in [3.05, 3.63) is 63.5 Å². The summed E-state index contributed by atoms with van der Waals surface area (Å²) >= 11 is 0. The zero-order chi connectivity index (χ0) is 21.1. The van der Waals surface area contributed by atoms with Crippen LogP contribution in [0.4, 0.5) is 4.39 Å². The normalized spacial score (nSPS) is 17.9. The van der Waals surface area contributed by atoms with Crippen LogP contribution >= 0.6 is 0 Å². The van der Waals surface area contributed by atoms with Crippen LogP contribution in [0.5, 0.6) is 0 Å². The molecule has 0 saturated heterocycles. The molecule has 0 fully saturated rings. The minimum Gasteiger partial charge on any atom is -0.304 e. The molecule has 29 heavy (non-hydrogen) atoms. The van der Waals surface area contributed by atoms with Crippen molar-refractivity contribution in [1.29, 1.82) is 0 Å². The van der Waals surface area contributed by atoms with Crippen molar-refractivity contribution in [2.75, 3.05) is 19.6 Å². The third-order valence-electron chi connectivity index (χ3n) is 6.12. The number of hydrogen-bond acceptors (Lipinski definition) is 3. The molecule has 0 aromatic heterocycles. The molecular weight excluding hydrogens is 365 g/mol. The lowest BCUT2D eigenvalue weighted by Crippen LogP contribution is -2.24. The standard InChI is InChI=1S/C25H30FNO2/c1-5-27(6-2)11-7-8-23(28)25-16(3)12-19(17(25)4)13-22-21-15-20(26)10-9-18(21)14-24(22)29/h9-10,13,15H,5-8,11-12,14H2,1-4H3/b22-13-. The predicted molar refractivity (Wildman–Crippen MR) is 115 cm³/mol. The van der Waals surface area contributed by atoms with Gasteiger partial charge >= 0.3 is 0 Å². The Hall–Kier alpha value is -2.33. The van der Waals surface area contributed by atoms with Crippen molar-refractivity contribution in [3.63, 3.8) is 0 Å². The molecule has 0 saturated carbocycles. The summed E-state index contributed by atoms with van der Waals surface area (Å²) in [5, 5.41) is 0. The van der Waals surface area contributed by atoms with Gasteiger partial charge in [-0.3, -0.25) is 9.59 Å². The Balaban J connectivity index is 1.79. The van der Waals surface area contributed by atoms with Gasteiger partial charge < -0.3 is 4.90 Å². The number of benzene rings is 1. The van der Waals surface area contributed by atoms with Gasteiger partial charge in [0.25, 0.3) is 0 Å². The number of fused-ring (bicyclic) bond motifs is 1. The average molecular weight is 396 g/mol. The Kier molecular flexibility index (Phi) is 6.63. The molecule has 1 aromatic rings. The Labute approximate surface area is 173 Å². The van der Waals surface area contributed by atoms with E-state index in [1.165, 1.54) is 12.1 Å². The number of Topliss-reactive ketones (excluding diaryl/α,β-unsaturated/α-hetero) is 2. The topological polar surface area (TPSA) is 37.4 Å². The number of rotatable bonds is 8. The molecule has 0 aliphatic heterocycles. The first-order valence-corrected chi connectivity index (χ1v) is 10.5. The summed E-state index contributed by atoms with van der Waals surface area (Å²) in [5.41, 5.74) is 5.96. The molecule has 2 aliphatic carbocycles. The second-order valence-corrected chi connectivity index (χ2v) is 8.00. The van der Waals surface area contributed by atoms with Gasteiger partial charge in [-0.15, -0.1) is 0 Å². The predicted octanol–water partition coefficient (Wildman–Crippen LogP) is 5.06. The summed E-state index contributed by atoms with van der Waals surface area (Å²) in [6.07, 6.45) is 4.26. The lowest BCUT2D eigenvalue weighted by Gasteiger charge is -2.17. The highest BCUT2D eigenvalue weighted by Gasteiger charge is 2.28. The van der Waals surface area contributed by atoms with Gasteiger partial charge in [0.15, 0.2) is 11.6 Å². The molecule has 0 bridgehead atoms. The number of halogens is 1. The van der Waals surface area contributed by atoms with Crippen molar-refractivity contribution < 1.29 is 14.0 Å². The van der Waals surface area contributed by atoms with Crippen molar-refractivity contribution >= 4 is 17.1 Å². The van der Waals surface area contributed by atoms with Crippen molar-refractivity contribution in [1.82, 2.24) is 4.90 Å². The molecular formula is C25H30FNO2. The van der Waals surface area contributed by atoms with Gasteiger partial charge in [-0.1, -0.05) is 25.5 Å². The number of nitrogens with zero attached hydrogens (tertiary/aromatic N) is 1. The summed E-state index contributed by atoms with van der Waals surface area (Å²) in [7, 11) is 0. The van der Waals surface area contributed by atoms with E-state index in [0.29, 0.717) is 30.4 Å². The number of ketones is 2. The molecule has 3 nitrogen and oxygen atoms in total. The van der Waals surface area contributed by atoms with Crippen LogP contribution in [0.2, 0.25) is 0 Å². The first-order chi connectivity index (χ1) is 13.8. The number of allylic oxidation sites excluding steroid dienone is 6. The summed E-state index contributed by atoms with van der Waals surface area (Å²) in [6, 6.07) is 4.53. The zero-order valence-electron chi connectivity index (χ0n) is 17.9. The minimum atomic E-state index is -0.333. The van der Waals surface area contributed by atoms with Crippen LogP contribution in [-0.2, 0) is 16.0 Å². The average Bonchev–Trinajstić information content (AvgIpc) is 3.14. The first kappa shape index (κ1) is 21.4. The van der Waals surface area contributed by atoms with E-state index in [9.17, 15) is 14.0 Å². The highest BCUT2D eigenvalue weighted by atomic mass is 19.1. The highest BCUT2D eigenvalue weighted by molar-refractivity contribution is 6.26. The molecule has 0 N–H and O–H groups in total. The van der Waals surface area contributed by atoms with E-state index in [-0.39, 0.29) is 17.4 Å². The van der Waals surface area contributed by atoms with Crippen LogP contribution in [0, 0.1) is 5.82 Å². The third-order valence-corrected chi connectivity index (χ3v) is 6.12. The number of hydrogen-bond donors (Lipinski definition) is 0. The highest BCUT2D eigenvalue weighted by Crippen LogP contribution is 2.38. The summed E-state index contributed by atoms with van der Waals surface area (Å²) in [6.45, 7) is 11.2. The van der Waals surface area contributed by atoms with Crippen LogP contribution in [-0.4, -0.2) is 36.1 Å². The van der Waals surface area contributed by atoms with Crippen LogP contribution in [0.3, 0.4) is 0 Å². The molecule has 0 amide bonds. The van der Waals surface area contributed by atoms with Crippen LogP contribution in [0.1, 0.15) is 58.1 Å². The molecule has 0 spiro atoms. The van der Waals surface area contributed by atoms with Gasteiger partial charge in [0.2, 0.25) is 0 Å². The van der Waals surface area contributed by atoms with E-state index in [0.717, 1.165) is 53.9 Å². The maximum atomic E-state index is 13.7. The fourth-order valence-corrected chi connectivity index (χ4v) is 4.43. The molecule has 0 unspecified atom stereocenters. The van der Waals surface area contributed by atoms with Crippen LogP contribution in [0.15, 0.2) is 46.6 Å². The molecule has 154 valence electrons. The van der Waals surface area contributed by atoms with Gasteiger partial charge in [0.05, 0.1) is 0 Å². The quantitative estimate of drug-likeness (QED) is 0.577. The van der Waals surface area contributed by atoms with Crippen molar-refractivity contribution in [2.45, 2.75) is 53.4 Å². The third kappa shape index (κ3) is 4.48. The Morgan fingerprint density at radius 1 is 1.17 bits per heavy atom. The molecule has 4 heteroatoms. The maximum absolute atomic E-state index is 13.7. The summed E-state index contributed by atoms with van der Waals surface area (Å²) in [4.78, 5) is 27.7. The molecule has 0 atom stereocenters. The summed E-state index contributed by atoms with van der Waals surface area (Å²) < 4.78 is 13.7. The van der Waals surface area contributed by atoms with Crippen molar-refractivity contribution in [2.24, 2.45) is 0 Å². The maximum Gasteiger partial charge on any atom is 0.167 e. The fraction of sp³-hybridized carbons (Fsp3) is 0.440. The monoisotopic (exact) mass is 395 g/mol. The second-order valence-electron chi connectivity index (χ2n) is 8.00. The Morgan fingerprint density at radius 3 is 2.59 bits per heavy atom. The molecule has 2 aliphatic rings. The first-order valence-electron chi connectivity index (χ1n) is 10.5. The van der Waals surface area contributed by atoms with Gasteiger partial charge in [-0.05, 0) is 86.8 Å². The SMILES string of the molecule is CCN(CC)CCCC(=O)C1=C(C)CC(/C=C2\C(=O)Cc3ccc(F)cc32)=C1C. The molecule has 3 rings (SSSR count). The van der Waals surface area contributed by atoms with Gasteiger partial charge in [0.1, 0.15) is 5.82 Å². The van der Waals surface area contributed by atoms with Gasteiger partial charge in [0, 0.05) is 24.0 Å². The number of carbonyl (C=O) groups excluding carboxylic acids is 2. The Morgan fingerprint density at radius 2 is 1.90 bits per heavy atom. The van der Waals surface area contributed by atoms with Crippen LogP contribution in [0.25, 0.3) is 5.57 Å². The van der Waals surface area contributed by atoms with E-state index < -0.39 is 0 Å². The lowest BCUT2D eigenvalue weighted by molar-refractivity contribution is -0.115. The molecule has 1 aromatic carbocycles. The Bertz CT molecular complexity index is 932. The van der Waals surface area contributed by atoms with Crippen LogP contribution < -0.4 is 0 Å². The zero-order valence-corrected chi connectivity index (χ0v) is 17.9. The van der Waals surface area contributed by atoms with Gasteiger partial charge in [-0.25, -0.2) is 4.39 Å². The largest absolute Gasteiger partial charge is 0.304 e. The lowest BCUT2D eigenvalue weighted by atomic mass is 9.98. The second kappa shape index (κ2) is 9.00. The van der Waals surface area contributed by atoms with E-state index in [4.69, 9.17) is 0 Å². The van der Waals surface area contributed by atoms with E-state index in [2.05, 4.69) is 18.7 Å². The molecule has 0 heterocycles. The minimum absolute atomic E-state index is 0.0163. The molecule has 0 radical (unpaired) electrons. The van der Waals surface area contributed by atoms with E-state index >= 15 is 0 Å². The smallest absolute Gasteiger partial charge is 0.167 e. The summed E-state index contributed by atoms with van der Waals surface area (Å²) in [5.74, 6) is -0.132. The number of carbonyl (C=O) groups is 2. The fourth-order valence-electron chi connectivity index (χ4n) is 4.43. The van der Waals surface area contributed by atoms with Crippen molar-refractivity contribution in [3.8, 4) is 0 Å². The van der Waals surface area contributed by atoms with E-state index in [1.54, 1.807) is 6.07 Å². The van der Waals surface area contributed by atoms with E-state index in [1.807, 2.05) is 19.9 Å².